The highest BCUT2D eigenvalue weighted by atomic mass is 35.5. The van der Waals surface area contributed by atoms with E-state index in [1.807, 2.05) is 11.8 Å². The number of carbonyl (C=O) groups excluding carboxylic acids is 1. The highest BCUT2D eigenvalue weighted by Gasteiger charge is 2.42. The number of benzene rings is 1. The van der Waals surface area contributed by atoms with Gasteiger partial charge in [-0.2, -0.15) is 9.78 Å². The molecule has 1 fully saturated rings. The molecule has 1 atom stereocenters. The van der Waals surface area contributed by atoms with E-state index in [1.165, 1.54) is 4.68 Å². The first-order valence-corrected chi connectivity index (χ1v) is 9.07. The van der Waals surface area contributed by atoms with Crippen molar-refractivity contribution in [3.8, 4) is 5.69 Å². The molecule has 0 N–H and O–H groups in total. The Morgan fingerprint density at radius 1 is 1.31 bits per heavy atom. The summed E-state index contributed by atoms with van der Waals surface area (Å²) in [6.07, 6.45) is 2.18. The number of hydrogen-bond donors (Lipinski definition) is 0. The number of hydrogen-bond acceptors (Lipinski definition) is 5. The number of esters is 1. The monoisotopic (exact) mass is 395 g/mol. The quantitative estimate of drug-likeness (QED) is 0.742. The fourth-order valence-corrected chi connectivity index (χ4v) is 3.42. The van der Waals surface area contributed by atoms with E-state index in [4.69, 9.17) is 27.9 Å². The van der Waals surface area contributed by atoms with Gasteiger partial charge in [0.2, 0.25) is 0 Å². The summed E-state index contributed by atoms with van der Waals surface area (Å²) in [5.41, 5.74) is 0.0569. The predicted octanol–water partition coefficient (Wildman–Crippen LogP) is 3.32. The summed E-state index contributed by atoms with van der Waals surface area (Å²) in [5, 5.41) is 4.87. The van der Waals surface area contributed by atoms with E-state index in [9.17, 15) is 9.59 Å². The molecule has 0 aliphatic carbocycles. The molecule has 2 heterocycles. The van der Waals surface area contributed by atoms with E-state index in [1.54, 1.807) is 37.4 Å². The largest absolute Gasteiger partial charge is 0.466 e. The van der Waals surface area contributed by atoms with Gasteiger partial charge in [-0.15, -0.1) is 0 Å². The van der Waals surface area contributed by atoms with Crippen molar-refractivity contribution in [1.82, 2.24) is 9.78 Å². The molecule has 0 radical (unpaired) electrons. The highest BCUT2D eigenvalue weighted by molar-refractivity contribution is 6.33. The SMILES string of the molecule is CCOC(=O)C1(C)CCN(c2cnn(-c3ccc(Cl)cc3)c(=O)c2Cl)C1. The van der Waals surface area contributed by atoms with E-state index in [2.05, 4.69) is 5.10 Å². The Kier molecular flexibility index (Phi) is 5.25. The lowest BCUT2D eigenvalue weighted by atomic mass is 9.90. The van der Waals surface area contributed by atoms with Crippen LogP contribution in [0.25, 0.3) is 5.69 Å². The summed E-state index contributed by atoms with van der Waals surface area (Å²) in [5.74, 6) is -0.235. The summed E-state index contributed by atoms with van der Waals surface area (Å²) in [4.78, 5) is 26.7. The second-order valence-corrected chi connectivity index (χ2v) is 7.30. The molecule has 0 spiro atoms. The predicted molar refractivity (Wildman–Crippen MR) is 101 cm³/mol. The van der Waals surface area contributed by atoms with Crippen LogP contribution in [0.5, 0.6) is 0 Å². The molecule has 0 bridgehead atoms. The minimum atomic E-state index is -0.621. The van der Waals surface area contributed by atoms with Gasteiger partial charge < -0.3 is 9.64 Å². The maximum absolute atomic E-state index is 12.6. The summed E-state index contributed by atoms with van der Waals surface area (Å²) in [6, 6.07) is 6.75. The zero-order valence-electron chi connectivity index (χ0n) is 14.5. The number of halogens is 2. The van der Waals surface area contributed by atoms with Crippen LogP contribution in [0.2, 0.25) is 10.0 Å². The second kappa shape index (κ2) is 7.29. The standard InChI is InChI=1S/C18H19Cl2N3O3/c1-3-26-17(25)18(2)8-9-22(11-18)14-10-21-23(16(24)15(14)20)13-6-4-12(19)5-7-13/h4-7,10H,3,8-9,11H2,1-2H3. The number of aromatic nitrogens is 2. The lowest BCUT2D eigenvalue weighted by Gasteiger charge is -2.24. The van der Waals surface area contributed by atoms with Crippen molar-refractivity contribution in [1.29, 1.82) is 0 Å². The molecular weight excluding hydrogens is 377 g/mol. The summed E-state index contributed by atoms with van der Waals surface area (Å²) >= 11 is 12.2. The summed E-state index contributed by atoms with van der Waals surface area (Å²) in [7, 11) is 0. The van der Waals surface area contributed by atoms with E-state index >= 15 is 0 Å². The highest BCUT2D eigenvalue weighted by Crippen LogP contribution is 2.36. The Balaban J connectivity index is 1.89. The Hall–Kier alpha value is -2.05. The van der Waals surface area contributed by atoms with Crippen molar-refractivity contribution in [2.24, 2.45) is 5.41 Å². The molecule has 0 amide bonds. The first-order chi connectivity index (χ1) is 12.4. The fraction of sp³-hybridized carbons (Fsp3) is 0.389. The second-order valence-electron chi connectivity index (χ2n) is 6.49. The van der Waals surface area contributed by atoms with Crippen molar-refractivity contribution in [3.63, 3.8) is 0 Å². The van der Waals surface area contributed by atoms with Crippen LogP contribution < -0.4 is 10.5 Å². The first kappa shape index (κ1) is 18.7. The van der Waals surface area contributed by atoms with Crippen LogP contribution in [-0.2, 0) is 9.53 Å². The maximum Gasteiger partial charge on any atom is 0.313 e. The van der Waals surface area contributed by atoms with Crippen LogP contribution in [0.3, 0.4) is 0 Å². The van der Waals surface area contributed by atoms with Crippen molar-refractivity contribution < 1.29 is 9.53 Å². The normalized spacial score (nSPS) is 19.6. The van der Waals surface area contributed by atoms with E-state index < -0.39 is 11.0 Å². The van der Waals surface area contributed by atoms with Gasteiger partial charge in [-0.1, -0.05) is 23.2 Å². The molecule has 1 aromatic heterocycles. The molecule has 1 aliphatic rings. The Labute approximate surface area is 161 Å². The third-order valence-electron chi connectivity index (χ3n) is 4.55. The third kappa shape index (κ3) is 3.44. The number of rotatable bonds is 4. The van der Waals surface area contributed by atoms with Gasteiger partial charge in [0.15, 0.2) is 0 Å². The van der Waals surface area contributed by atoms with Gasteiger partial charge in [0.1, 0.15) is 5.02 Å². The van der Waals surface area contributed by atoms with Crippen LogP contribution in [-0.4, -0.2) is 35.4 Å². The van der Waals surface area contributed by atoms with Gasteiger partial charge in [0.05, 0.1) is 29.6 Å². The molecule has 0 saturated carbocycles. The first-order valence-electron chi connectivity index (χ1n) is 8.31. The van der Waals surface area contributed by atoms with Crippen LogP contribution >= 0.6 is 23.2 Å². The maximum atomic E-state index is 12.6. The summed E-state index contributed by atoms with van der Waals surface area (Å²) in [6.45, 7) is 5.01. The Morgan fingerprint density at radius 2 is 2.00 bits per heavy atom. The van der Waals surface area contributed by atoms with Crippen LogP contribution in [0, 0.1) is 5.41 Å². The zero-order chi connectivity index (χ0) is 18.9. The lowest BCUT2D eigenvalue weighted by Crippen LogP contribution is -2.34. The molecule has 3 rings (SSSR count). The summed E-state index contributed by atoms with van der Waals surface area (Å²) < 4.78 is 6.39. The molecule has 1 saturated heterocycles. The minimum absolute atomic E-state index is 0.0723. The molecule has 1 aromatic carbocycles. The smallest absolute Gasteiger partial charge is 0.313 e. The molecule has 1 unspecified atom stereocenters. The molecular formula is C18H19Cl2N3O3. The number of anilines is 1. The minimum Gasteiger partial charge on any atom is -0.466 e. The van der Waals surface area contributed by atoms with Gasteiger partial charge in [-0.3, -0.25) is 9.59 Å². The van der Waals surface area contributed by atoms with Crippen LogP contribution in [0.1, 0.15) is 20.3 Å². The van der Waals surface area contributed by atoms with Crippen molar-refractivity contribution in [3.05, 3.63) is 50.9 Å². The van der Waals surface area contributed by atoms with Gasteiger partial charge >= 0.3 is 5.97 Å². The molecule has 1 aliphatic heterocycles. The average Bonchev–Trinajstić information content (AvgIpc) is 3.02. The molecule has 26 heavy (non-hydrogen) atoms. The lowest BCUT2D eigenvalue weighted by molar-refractivity contribution is -0.153. The fourth-order valence-electron chi connectivity index (χ4n) is 3.05. The van der Waals surface area contributed by atoms with E-state index in [-0.39, 0.29) is 11.0 Å². The molecule has 2 aromatic rings. The van der Waals surface area contributed by atoms with Crippen molar-refractivity contribution in [2.75, 3.05) is 24.6 Å². The molecule has 8 heteroatoms. The molecule has 138 valence electrons. The Morgan fingerprint density at radius 3 is 2.65 bits per heavy atom. The zero-order valence-corrected chi connectivity index (χ0v) is 16.0. The number of nitrogens with zero attached hydrogens (tertiary/aromatic N) is 3. The van der Waals surface area contributed by atoms with Crippen molar-refractivity contribution in [2.45, 2.75) is 20.3 Å². The van der Waals surface area contributed by atoms with Gasteiger partial charge in [-0.25, -0.2) is 0 Å². The number of ether oxygens (including phenoxy) is 1. The van der Waals surface area contributed by atoms with Gasteiger partial charge in [0, 0.05) is 18.1 Å². The van der Waals surface area contributed by atoms with E-state index in [0.29, 0.717) is 42.5 Å². The van der Waals surface area contributed by atoms with Gasteiger partial charge in [0.25, 0.3) is 5.56 Å². The van der Waals surface area contributed by atoms with Crippen LogP contribution in [0.4, 0.5) is 5.69 Å². The van der Waals surface area contributed by atoms with Crippen LogP contribution in [0.15, 0.2) is 35.3 Å². The Bertz CT molecular complexity index is 882. The van der Waals surface area contributed by atoms with E-state index in [0.717, 1.165) is 0 Å². The van der Waals surface area contributed by atoms with Gasteiger partial charge in [-0.05, 0) is 44.5 Å². The van der Waals surface area contributed by atoms with Crippen molar-refractivity contribution >= 4 is 34.9 Å². The third-order valence-corrected chi connectivity index (χ3v) is 5.16. The number of carbonyl (C=O) groups is 1. The topological polar surface area (TPSA) is 64.4 Å². The average molecular weight is 396 g/mol. The molecule has 6 nitrogen and oxygen atoms in total.